The molecule has 4 rings (SSSR count). The Balaban J connectivity index is 1.71. The van der Waals surface area contributed by atoms with Crippen LogP contribution in [0.1, 0.15) is 30.6 Å². The first-order chi connectivity index (χ1) is 13.9. The lowest BCUT2D eigenvalue weighted by Crippen LogP contribution is -2.13. The van der Waals surface area contributed by atoms with Gasteiger partial charge in [0.25, 0.3) is 12.0 Å². The van der Waals surface area contributed by atoms with E-state index in [1.54, 1.807) is 18.2 Å². The van der Waals surface area contributed by atoms with E-state index in [1.807, 2.05) is 6.92 Å². The Labute approximate surface area is 162 Å². The van der Waals surface area contributed by atoms with Crippen LogP contribution in [0.5, 0.6) is 0 Å². The highest BCUT2D eigenvalue weighted by Gasteiger charge is 2.16. The number of hydrogen-bond acceptors (Lipinski definition) is 5. The Morgan fingerprint density at radius 3 is 2.69 bits per heavy atom. The normalized spacial score (nSPS) is 12.4. The van der Waals surface area contributed by atoms with Crippen molar-refractivity contribution in [1.29, 1.82) is 0 Å². The van der Waals surface area contributed by atoms with E-state index in [2.05, 4.69) is 25.4 Å². The Morgan fingerprint density at radius 2 is 1.97 bits per heavy atom. The maximum atomic E-state index is 13.1. The van der Waals surface area contributed by atoms with Gasteiger partial charge in [0.2, 0.25) is 0 Å². The van der Waals surface area contributed by atoms with Gasteiger partial charge < -0.3 is 10.3 Å². The van der Waals surface area contributed by atoms with Gasteiger partial charge in [-0.15, -0.1) is 5.10 Å². The molecule has 0 radical (unpaired) electrons. The molecule has 2 N–H and O–H groups in total. The van der Waals surface area contributed by atoms with Gasteiger partial charge in [-0.05, 0) is 37.3 Å². The van der Waals surface area contributed by atoms with Gasteiger partial charge in [-0.1, -0.05) is 0 Å². The van der Waals surface area contributed by atoms with Crippen molar-refractivity contribution in [1.82, 2.24) is 24.6 Å². The molecule has 4 aromatic heterocycles. The van der Waals surface area contributed by atoms with Crippen molar-refractivity contribution in [3.05, 3.63) is 76.4 Å². The third-order valence-electron chi connectivity index (χ3n) is 4.37. The smallest absolute Gasteiger partial charge is 0.265 e. The fourth-order valence-electron chi connectivity index (χ4n) is 2.89. The van der Waals surface area contributed by atoms with E-state index >= 15 is 0 Å². The monoisotopic (exact) mass is 400 g/mol. The van der Waals surface area contributed by atoms with E-state index in [0.717, 1.165) is 18.5 Å². The van der Waals surface area contributed by atoms with E-state index in [9.17, 15) is 18.0 Å². The Morgan fingerprint density at radius 1 is 1.14 bits per heavy atom. The van der Waals surface area contributed by atoms with Crippen molar-refractivity contribution in [2.45, 2.75) is 19.4 Å². The van der Waals surface area contributed by atoms with Gasteiger partial charge in [0, 0.05) is 11.8 Å². The van der Waals surface area contributed by atoms with Crippen LogP contribution in [-0.2, 0) is 0 Å². The van der Waals surface area contributed by atoms with Crippen LogP contribution in [0, 0.1) is 5.82 Å². The number of nitrogens with one attached hydrogen (secondary N) is 2. The number of fused-ring (bicyclic) bond motifs is 1. The van der Waals surface area contributed by atoms with E-state index in [1.165, 1.54) is 16.8 Å². The number of rotatable bonds is 5. The van der Waals surface area contributed by atoms with Gasteiger partial charge in [-0.3, -0.25) is 9.78 Å². The number of anilines is 1. The lowest BCUT2D eigenvalue weighted by Gasteiger charge is -2.14. The minimum absolute atomic E-state index is 0.0354. The molecule has 0 spiro atoms. The van der Waals surface area contributed by atoms with Crippen LogP contribution in [0.4, 0.5) is 19.0 Å². The number of aromatic nitrogens is 5. The summed E-state index contributed by atoms with van der Waals surface area (Å²) in [6.45, 7) is 1.83. The minimum Gasteiger partial charge on any atom is -0.361 e. The first-order valence-corrected chi connectivity index (χ1v) is 8.66. The van der Waals surface area contributed by atoms with Crippen molar-refractivity contribution < 1.29 is 13.2 Å². The summed E-state index contributed by atoms with van der Waals surface area (Å²) in [5.74, 6) is 0.0108. The Hall–Kier alpha value is -3.69. The number of alkyl halides is 2. The predicted octanol–water partition coefficient (Wildman–Crippen LogP) is 3.73. The van der Waals surface area contributed by atoms with Crippen LogP contribution in [0.2, 0.25) is 0 Å². The van der Waals surface area contributed by atoms with Gasteiger partial charge in [0.15, 0.2) is 5.65 Å². The van der Waals surface area contributed by atoms with Crippen molar-refractivity contribution in [2.75, 3.05) is 5.32 Å². The molecule has 1 atom stereocenters. The topological polar surface area (TPSA) is 88.0 Å². The van der Waals surface area contributed by atoms with Crippen LogP contribution >= 0.6 is 0 Å². The second-order valence-electron chi connectivity index (χ2n) is 6.38. The summed E-state index contributed by atoms with van der Waals surface area (Å²) in [4.78, 5) is 22.7. The summed E-state index contributed by atoms with van der Waals surface area (Å²) in [5.41, 5.74) is 0.536. The standard InChI is InChI=1S/C19H15F3N6O/c1-10(14-3-2-12(20)8-23-14)26-16-4-5-17-24-9-15(28(17)27-16)13-6-11(18(21)22)7-25-19(13)29/h2-10,18H,1H3,(H,25,29)(H,26,27)/t10-/m0/s1. The number of nitrogens with zero attached hydrogens (tertiary/aromatic N) is 4. The highest BCUT2D eigenvalue weighted by molar-refractivity contribution is 5.63. The summed E-state index contributed by atoms with van der Waals surface area (Å²) in [5, 5.41) is 7.54. The number of aromatic amines is 1. The molecule has 0 saturated heterocycles. The van der Waals surface area contributed by atoms with Gasteiger partial charge in [0.1, 0.15) is 11.6 Å². The van der Waals surface area contributed by atoms with Crippen molar-refractivity contribution in [2.24, 2.45) is 0 Å². The highest BCUT2D eigenvalue weighted by atomic mass is 19.3. The maximum absolute atomic E-state index is 13.1. The van der Waals surface area contributed by atoms with E-state index < -0.39 is 17.8 Å². The van der Waals surface area contributed by atoms with Gasteiger partial charge >= 0.3 is 0 Å². The molecule has 148 valence electrons. The highest BCUT2D eigenvalue weighted by Crippen LogP contribution is 2.24. The Kier molecular flexibility index (Phi) is 4.75. The van der Waals surface area contributed by atoms with Gasteiger partial charge in [-0.2, -0.15) is 0 Å². The zero-order valence-electron chi connectivity index (χ0n) is 15.1. The molecule has 0 fully saturated rings. The van der Waals surface area contributed by atoms with E-state index in [0.29, 0.717) is 17.2 Å². The number of halogens is 3. The lowest BCUT2D eigenvalue weighted by atomic mass is 10.1. The summed E-state index contributed by atoms with van der Waals surface area (Å²) in [6, 6.07) is 7.08. The second kappa shape index (κ2) is 7.38. The molecule has 29 heavy (non-hydrogen) atoms. The van der Waals surface area contributed by atoms with Gasteiger partial charge in [0.05, 0.1) is 35.4 Å². The first-order valence-electron chi connectivity index (χ1n) is 8.66. The molecular weight excluding hydrogens is 385 g/mol. The fraction of sp³-hybridized carbons (Fsp3) is 0.158. The molecule has 0 aliphatic rings. The summed E-state index contributed by atoms with van der Waals surface area (Å²) in [6.07, 6.45) is 0.786. The molecule has 10 heteroatoms. The maximum Gasteiger partial charge on any atom is 0.265 e. The molecule has 0 bridgehead atoms. The molecule has 0 aromatic carbocycles. The third-order valence-corrected chi connectivity index (χ3v) is 4.37. The summed E-state index contributed by atoms with van der Waals surface area (Å²) in [7, 11) is 0. The molecule has 4 heterocycles. The third kappa shape index (κ3) is 3.68. The van der Waals surface area contributed by atoms with Crippen LogP contribution < -0.4 is 10.9 Å². The van der Waals surface area contributed by atoms with Crippen LogP contribution in [0.15, 0.2) is 53.7 Å². The SMILES string of the molecule is C[C@H](Nc1ccc2ncc(-c3cc(C(F)F)c[nH]c3=O)n2n1)c1ccc(F)cn1. The minimum atomic E-state index is -2.72. The molecule has 0 saturated carbocycles. The zero-order chi connectivity index (χ0) is 20.5. The molecule has 0 aliphatic carbocycles. The molecule has 0 aliphatic heterocycles. The van der Waals surface area contributed by atoms with Crippen LogP contribution in [-0.4, -0.2) is 24.6 Å². The van der Waals surface area contributed by atoms with Crippen molar-refractivity contribution in [3.8, 4) is 11.3 Å². The molecule has 7 nitrogen and oxygen atoms in total. The molecule has 4 aromatic rings. The first kappa shape index (κ1) is 18.7. The van der Waals surface area contributed by atoms with E-state index in [-0.39, 0.29) is 22.9 Å². The van der Waals surface area contributed by atoms with Gasteiger partial charge in [-0.25, -0.2) is 22.7 Å². The summed E-state index contributed by atoms with van der Waals surface area (Å²) >= 11 is 0. The van der Waals surface area contributed by atoms with Crippen molar-refractivity contribution >= 4 is 11.5 Å². The quantitative estimate of drug-likeness (QED) is 0.533. The van der Waals surface area contributed by atoms with Crippen LogP contribution in [0.3, 0.4) is 0 Å². The largest absolute Gasteiger partial charge is 0.361 e. The number of imidazole rings is 1. The van der Waals surface area contributed by atoms with Crippen molar-refractivity contribution in [3.63, 3.8) is 0 Å². The molecular formula is C19H15F3N6O. The Bertz CT molecular complexity index is 1220. The van der Waals surface area contributed by atoms with Crippen LogP contribution in [0.25, 0.3) is 16.9 Å². The average molecular weight is 400 g/mol. The molecule has 0 unspecified atom stereocenters. The lowest BCUT2D eigenvalue weighted by molar-refractivity contribution is 0.151. The number of pyridine rings is 2. The zero-order valence-corrected chi connectivity index (χ0v) is 15.1. The predicted molar refractivity (Wildman–Crippen MR) is 100 cm³/mol. The summed E-state index contributed by atoms with van der Waals surface area (Å²) < 4.78 is 40.5. The fourth-order valence-corrected chi connectivity index (χ4v) is 2.89. The second-order valence-corrected chi connectivity index (χ2v) is 6.38. The average Bonchev–Trinajstić information content (AvgIpc) is 3.11. The number of hydrogen-bond donors (Lipinski definition) is 2. The van der Waals surface area contributed by atoms with E-state index in [4.69, 9.17) is 0 Å². The molecule has 0 amide bonds. The number of H-pyrrole nitrogens is 1.